The molecule has 0 spiro atoms. The Hall–Kier alpha value is -2.09. The summed E-state index contributed by atoms with van der Waals surface area (Å²) in [6.45, 7) is 1.29. The molecule has 100 valence electrons. The number of H-pyrrole nitrogens is 1. The Kier molecular flexibility index (Phi) is 4.00. The molecular formula is C11H12N4O3S. The molecule has 0 bridgehead atoms. The first-order chi connectivity index (χ1) is 9.08. The van der Waals surface area contributed by atoms with Crippen molar-refractivity contribution in [1.29, 1.82) is 0 Å². The van der Waals surface area contributed by atoms with E-state index in [9.17, 15) is 9.59 Å². The zero-order valence-electron chi connectivity index (χ0n) is 10.1. The van der Waals surface area contributed by atoms with Gasteiger partial charge in [-0.3, -0.25) is 4.79 Å². The number of carboxylic acid groups (broad SMARTS) is 1. The lowest BCUT2D eigenvalue weighted by molar-refractivity contribution is -0.140. The highest BCUT2D eigenvalue weighted by atomic mass is 32.2. The monoisotopic (exact) mass is 280 g/mol. The van der Waals surface area contributed by atoms with Crippen LogP contribution in [0.15, 0.2) is 23.6 Å². The number of hydrogen-bond acceptors (Lipinski definition) is 5. The van der Waals surface area contributed by atoms with Crippen molar-refractivity contribution in [3.63, 3.8) is 0 Å². The predicted molar refractivity (Wildman–Crippen MR) is 69.9 cm³/mol. The molecule has 0 fully saturated rings. The predicted octanol–water partition coefficient (Wildman–Crippen LogP) is 0.639. The van der Waals surface area contributed by atoms with E-state index in [0.29, 0.717) is 10.7 Å². The third-order valence-corrected chi connectivity index (χ3v) is 3.48. The molecule has 0 aromatic carbocycles. The van der Waals surface area contributed by atoms with Crippen LogP contribution in [-0.4, -0.2) is 43.7 Å². The van der Waals surface area contributed by atoms with Crippen LogP contribution in [0.1, 0.15) is 6.92 Å². The average molecular weight is 280 g/mol. The molecule has 0 unspecified atom stereocenters. The summed E-state index contributed by atoms with van der Waals surface area (Å²) in [6, 6.07) is 0.887. The van der Waals surface area contributed by atoms with Gasteiger partial charge in [-0.05, 0) is 6.07 Å². The largest absolute Gasteiger partial charge is 0.480 e. The van der Waals surface area contributed by atoms with E-state index in [-0.39, 0.29) is 11.7 Å². The van der Waals surface area contributed by atoms with Crippen LogP contribution in [0.3, 0.4) is 0 Å². The molecule has 2 aromatic rings. The molecule has 19 heavy (non-hydrogen) atoms. The van der Waals surface area contributed by atoms with Crippen LogP contribution >= 0.6 is 11.8 Å². The molecule has 2 rings (SSSR count). The van der Waals surface area contributed by atoms with Crippen LogP contribution < -0.4 is 5.32 Å². The lowest BCUT2D eigenvalue weighted by atomic mass is 10.3. The number of hydrogen-bond donors (Lipinski definition) is 3. The summed E-state index contributed by atoms with van der Waals surface area (Å²) in [6.07, 6.45) is 3.15. The van der Waals surface area contributed by atoms with E-state index < -0.39 is 12.0 Å². The standard InChI is InChI=1S/C11H12N4O3S/c1-6(16)15-8(11(17)18)4-19-10-7-2-3-12-9(7)13-5-14-10/h2-3,5,8H,4H2,1H3,(H,15,16)(H,17,18)(H,12,13,14)/t8-/m0/s1. The number of amides is 1. The van der Waals surface area contributed by atoms with Gasteiger partial charge < -0.3 is 15.4 Å². The summed E-state index contributed by atoms with van der Waals surface area (Å²) in [5.74, 6) is -1.24. The zero-order chi connectivity index (χ0) is 13.8. The number of aromatic nitrogens is 3. The number of aliphatic carboxylic acids is 1. The maximum Gasteiger partial charge on any atom is 0.327 e. The molecule has 8 heteroatoms. The van der Waals surface area contributed by atoms with E-state index in [0.717, 1.165) is 5.39 Å². The van der Waals surface area contributed by atoms with Crippen LogP contribution in [0.25, 0.3) is 11.0 Å². The molecule has 0 aliphatic rings. The minimum Gasteiger partial charge on any atom is -0.480 e. The van der Waals surface area contributed by atoms with Gasteiger partial charge in [0.2, 0.25) is 5.91 Å². The maximum atomic E-state index is 11.0. The zero-order valence-corrected chi connectivity index (χ0v) is 10.9. The van der Waals surface area contributed by atoms with Gasteiger partial charge in [-0.25, -0.2) is 14.8 Å². The van der Waals surface area contributed by atoms with Crippen LogP contribution in [0.2, 0.25) is 0 Å². The van der Waals surface area contributed by atoms with Gasteiger partial charge in [-0.2, -0.15) is 0 Å². The van der Waals surface area contributed by atoms with Crippen molar-refractivity contribution in [3.05, 3.63) is 18.6 Å². The lowest BCUT2D eigenvalue weighted by Gasteiger charge is -2.12. The quantitative estimate of drug-likeness (QED) is 0.548. The highest BCUT2D eigenvalue weighted by Gasteiger charge is 2.19. The first-order valence-corrected chi connectivity index (χ1v) is 6.47. The van der Waals surface area contributed by atoms with E-state index in [2.05, 4.69) is 20.3 Å². The van der Waals surface area contributed by atoms with Gasteiger partial charge in [-0.15, -0.1) is 11.8 Å². The summed E-state index contributed by atoms with van der Waals surface area (Å²) in [5, 5.41) is 12.9. The molecule has 0 saturated carbocycles. The summed E-state index contributed by atoms with van der Waals surface area (Å²) in [7, 11) is 0. The second kappa shape index (κ2) is 5.70. The Labute approximate surface area is 112 Å². The van der Waals surface area contributed by atoms with Crippen molar-refractivity contribution in [3.8, 4) is 0 Å². The average Bonchev–Trinajstić information content (AvgIpc) is 2.82. The molecule has 0 aliphatic heterocycles. The summed E-state index contributed by atoms with van der Waals surface area (Å²) in [5.41, 5.74) is 0.698. The number of nitrogens with one attached hydrogen (secondary N) is 2. The van der Waals surface area contributed by atoms with E-state index >= 15 is 0 Å². The molecule has 0 saturated heterocycles. The first kappa shape index (κ1) is 13.3. The van der Waals surface area contributed by atoms with Crippen LogP contribution in [-0.2, 0) is 9.59 Å². The van der Waals surface area contributed by atoms with Crippen molar-refractivity contribution < 1.29 is 14.7 Å². The second-order valence-electron chi connectivity index (χ2n) is 3.82. The molecule has 7 nitrogen and oxygen atoms in total. The SMILES string of the molecule is CC(=O)N[C@@H](CSc1ncnc2[nH]ccc12)C(=O)O. The van der Waals surface area contributed by atoms with Gasteiger partial charge in [0.25, 0.3) is 0 Å². The highest BCUT2D eigenvalue weighted by molar-refractivity contribution is 7.99. The minimum atomic E-state index is -1.07. The van der Waals surface area contributed by atoms with E-state index in [1.165, 1.54) is 25.0 Å². The molecule has 3 N–H and O–H groups in total. The molecule has 0 aliphatic carbocycles. The Morgan fingerprint density at radius 3 is 3.00 bits per heavy atom. The molecular weight excluding hydrogens is 268 g/mol. The van der Waals surface area contributed by atoms with Gasteiger partial charge in [0.05, 0.1) is 5.39 Å². The van der Waals surface area contributed by atoms with Gasteiger partial charge in [-0.1, -0.05) is 0 Å². The van der Waals surface area contributed by atoms with Crippen molar-refractivity contribution in [2.75, 3.05) is 5.75 Å². The van der Waals surface area contributed by atoms with Gasteiger partial charge in [0.1, 0.15) is 23.0 Å². The Bertz CT molecular complexity index is 613. The lowest BCUT2D eigenvalue weighted by Crippen LogP contribution is -2.41. The Morgan fingerprint density at radius 2 is 2.32 bits per heavy atom. The molecule has 2 aromatic heterocycles. The third-order valence-electron chi connectivity index (χ3n) is 2.38. The summed E-state index contributed by atoms with van der Waals surface area (Å²) >= 11 is 1.27. The van der Waals surface area contributed by atoms with Crippen molar-refractivity contribution >= 4 is 34.7 Å². The molecule has 1 atom stereocenters. The maximum absolute atomic E-state index is 11.0. The van der Waals surface area contributed by atoms with Crippen molar-refractivity contribution in [1.82, 2.24) is 20.3 Å². The summed E-state index contributed by atoms with van der Waals surface area (Å²) in [4.78, 5) is 33.0. The number of nitrogens with zero attached hydrogens (tertiary/aromatic N) is 2. The Balaban J connectivity index is 2.10. The Morgan fingerprint density at radius 1 is 1.53 bits per heavy atom. The van der Waals surface area contributed by atoms with E-state index in [1.807, 2.05) is 6.07 Å². The fraction of sp³-hybridized carbons (Fsp3) is 0.273. The second-order valence-corrected chi connectivity index (χ2v) is 4.83. The minimum absolute atomic E-state index is 0.201. The van der Waals surface area contributed by atoms with Crippen LogP contribution in [0.5, 0.6) is 0 Å². The van der Waals surface area contributed by atoms with Crippen LogP contribution in [0, 0.1) is 0 Å². The smallest absolute Gasteiger partial charge is 0.327 e. The number of carboxylic acids is 1. The van der Waals surface area contributed by atoms with Crippen LogP contribution in [0.4, 0.5) is 0 Å². The fourth-order valence-electron chi connectivity index (χ4n) is 1.55. The number of aromatic amines is 1. The highest BCUT2D eigenvalue weighted by Crippen LogP contribution is 2.24. The van der Waals surface area contributed by atoms with E-state index in [4.69, 9.17) is 5.11 Å². The number of thioether (sulfide) groups is 1. The summed E-state index contributed by atoms with van der Waals surface area (Å²) < 4.78 is 0. The topological polar surface area (TPSA) is 108 Å². The number of fused-ring (bicyclic) bond motifs is 1. The number of carbonyl (C=O) groups excluding carboxylic acids is 1. The normalized spacial score (nSPS) is 12.3. The third kappa shape index (κ3) is 3.22. The van der Waals surface area contributed by atoms with E-state index in [1.54, 1.807) is 6.20 Å². The first-order valence-electron chi connectivity index (χ1n) is 5.48. The number of carbonyl (C=O) groups is 2. The number of rotatable bonds is 5. The van der Waals surface area contributed by atoms with Crippen molar-refractivity contribution in [2.45, 2.75) is 18.0 Å². The van der Waals surface area contributed by atoms with Gasteiger partial charge in [0, 0.05) is 18.9 Å². The van der Waals surface area contributed by atoms with Crippen molar-refractivity contribution in [2.24, 2.45) is 0 Å². The molecule has 2 heterocycles. The fourth-order valence-corrected chi connectivity index (χ4v) is 2.54. The van der Waals surface area contributed by atoms with Gasteiger partial charge in [0.15, 0.2) is 0 Å². The van der Waals surface area contributed by atoms with Gasteiger partial charge >= 0.3 is 5.97 Å². The molecule has 0 radical (unpaired) electrons. The molecule has 1 amide bonds.